The van der Waals surface area contributed by atoms with Crippen LogP contribution in [0.15, 0.2) is 28.7 Å². The van der Waals surface area contributed by atoms with Crippen LogP contribution in [0.1, 0.15) is 18.4 Å². The Morgan fingerprint density at radius 2 is 2.16 bits per heavy atom. The van der Waals surface area contributed by atoms with Gasteiger partial charge < -0.3 is 5.32 Å². The van der Waals surface area contributed by atoms with Gasteiger partial charge in [0.05, 0.1) is 5.25 Å². The summed E-state index contributed by atoms with van der Waals surface area (Å²) in [7, 11) is -1.57. The fourth-order valence-corrected chi connectivity index (χ4v) is 4.32. The summed E-state index contributed by atoms with van der Waals surface area (Å²) >= 11 is 3.45. The van der Waals surface area contributed by atoms with Gasteiger partial charge in [0.15, 0.2) is 0 Å². The fourth-order valence-electron chi connectivity index (χ4n) is 2.29. The molecule has 2 rings (SSSR count). The van der Waals surface area contributed by atoms with Crippen molar-refractivity contribution in [2.24, 2.45) is 0 Å². The highest BCUT2D eigenvalue weighted by Crippen LogP contribution is 2.21. The van der Waals surface area contributed by atoms with E-state index in [0.717, 1.165) is 29.4 Å². The van der Waals surface area contributed by atoms with E-state index in [4.69, 9.17) is 0 Å². The fraction of sp³-hybridized carbons (Fsp3) is 0.538. The van der Waals surface area contributed by atoms with Crippen LogP contribution >= 0.6 is 15.9 Å². The van der Waals surface area contributed by atoms with Gasteiger partial charge >= 0.3 is 0 Å². The minimum atomic E-state index is -3.23. The smallest absolute Gasteiger partial charge is 0.218 e. The van der Waals surface area contributed by atoms with Crippen LogP contribution in [-0.2, 0) is 16.6 Å². The molecule has 106 valence electrons. The maximum Gasteiger partial charge on any atom is 0.218 e. The average molecular weight is 347 g/mol. The predicted octanol–water partition coefficient (Wildman–Crippen LogP) is 1.96. The number of piperidine rings is 1. The summed E-state index contributed by atoms with van der Waals surface area (Å²) in [5.74, 6) is 0. The van der Waals surface area contributed by atoms with Crippen molar-refractivity contribution < 1.29 is 8.42 Å². The van der Waals surface area contributed by atoms with E-state index in [2.05, 4.69) is 21.2 Å². The third kappa shape index (κ3) is 3.56. The highest BCUT2D eigenvalue weighted by Gasteiger charge is 2.30. The second-order valence-electron chi connectivity index (χ2n) is 4.86. The molecule has 1 atom stereocenters. The van der Waals surface area contributed by atoms with Crippen molar-refractivity contribution in [3.05, 3.63) is 34.3 Å². The summed E-state index contributed by atoms with van der Waals surface area (Å²) in [6, 6.07) is 7.71. The van der Waals surface area contributed by atoms with Gasteiger partial charge in [0.25, 0.3) is 0 Å². The Hall–Kier alpha value is -0.430. The van der Waals surface area contributed by atoms with E-state index < -0.39 is 10.0 Å². The number of halogens is 1. The average Bonchev–Trinajstić information content (AvgIpc) is 2.42. The van der Waals surface area contributed by atoms with E-state index in [1.165, 1.54) is 4.31 Å². The van der Waals surface area contributed by atoms with E-state index in [1.54, 1.807) is 7.05 Å². The molecular formula is C13H19BrN2O2S. The van der Waals surface area contributed by atoms with Gasteiger partial charge in [0.2, 0.25) is 10.0 Å². The maximum absolute atomic E-state index is 12.5. The number of rotatable bonds is 4. The van der Waals surface area contributed by atoms with Crippen molar-refractivity contribution in [1.82, 2.24) is 9.62 Å². The monoisotopic (exact) mass is 346 g/mol. The molecule has 0 bridgehead atoms. The Labute approximate surface area is 123 Å². The van der Waals surface area contributed by atoms with Crippen LogP contribution in [0.4, 0.5) is 0 Å². The lowest BCUT2D eigenvalue weighted by molar-refractivity contribution is 0.429. The Kier molecular flexibility index (Phi) is 5.00. The van der Waals surface area contributed by atoms with Crippen LogP contribution in [-0.4, -0.2) is 38.1 Å². The molecule has 1 aliphatic rings. The topological polar surface area (TPSA) is 49.4 Å². The third-order valence-electron chi connectivity index (χ3n) is 3.46. The molecule has 1 heterocycles. The summed E-state index contributed by atoms with van der Waals surface area (Å²) in [4.78, 5) is 0. The number of nitrogens with zero attached hydrogens (tertiary/aromatic N) is 1. The molecule has 0 aromatic heterocycles. The zero-order valence-electron chi connectivity index (χ0n) is 11.0. The largest absolute Gasteiger partial charge is 0.315 e. The molecule has 6 heteroatoms. The lowest BCUT2D eigenvalue weighted by atomic mass is 10.2. The highest BCUT2D eigenvalue weighted by molar-refractivity contribution is 9.10. The van der Waals surface area contributed by atoms with E-state index in [9.17, 15) is 8.42 Å². The van der Waals surface area contributed by atoms with E-state index >= 15 is 0 Å². The molecule has 4 nitrogen and oxygen atoms in total. The van der Waals surface area contributed by atoms with E-state index in [-0.39, 0.29) is 5.25 Å². The van der Waals surface area contributed by atoms with Crippen molar-refractivity contribution in [2.45, 2.75) is 24.6 Å². The summed E-state index contributed by atoms with van der Waals surface area (Å²) in [5.41, 5.74) is 0.984. The molecule has 0 aliphatic carbocycles. The molecular weight excluding hydrogens is 328 g/mol. The first-order chi connectivity index (χ1) is 9.01. The second kappa shape index (κ2) is 6.35. The molecule has 1 aliphatic heterocycles. The first-order valence-electron chi connectivity index (χ1n) is 6.41. The zero-order valence-corrected chi connectivity index (χ0v) is 13.4. The number of nitrogens with one attached hydrogen (secondary N) is 1. The second-order valence-corrected chi connectivity index (χ2v) is 8.04. The number of hydrogen-bond donors (Lipinski definition) is 1. The maximum atomic E-state index is 12.5. The molecule has 1 aromatic rings. The van der Waals surface area contributed by atoms with Crippen LogP contribution in [0.2, 0.25) is 0 Å². The van der Waals surface area contributed by atoms with Crippen molar-refractivity contribution >= 4 is 26.0 Å². The first kappa shape index (κ1) is 15.0. The molecule has 1 N–H and O–H groups in total. The number of benzene rings is 1. The Morgan fingerprint density at radius 1 is 1.42 bits per heavy atom. The molecule has 1 saturated heterocycles. The summed E-state index contributed by atoms with van der Waals surface area (Å²) < 4.78 is 27.4. The minimum Gasteiger partial charge on any atom is -0.315 e. The summed E-state index contributed by atoms with van der Waals surface area (Å²) in [5, 5.41) is 2.86. The van der Waals surface area contributed by atoms with Gasteiger partial charge in [-0.1, -0.05) is 34.1 Å². The molecule has 1 aromatic carbocycles. The van der Waals surface area contributed by atoms with Crippen molar-refractivity contribution in [2.75, 3.05) is 20.1 Å². The molecule has 0 radical (unpaired) electrons. The lowest BCUT2D eigenvalue weighted by Crippen LogP contribution is -2.44. The zero-order chi connectivity index (χ0) is 13.9. The van der Waals surface area contributed by atoms with E-state index in [1.807, 2.05) is 24.3 Å². The predicted molar refractivity (Wildman–Crippen MR) is 80.4 cm³/mol. The third-order valence-corrected chi connectivity index (χ3v) is 6.47. The van der Waals surface area contributed by atoms with Gasteiger partial charge in [0.1, 0.15) is 0 Å². The van der Waals surface area contributed by atoms with Gasteiger partial charge in [-0.15, -0.1) is 0 Å². The van der Waals surface area contributed by atoms with Crippen molar-refractivity contribution in [3.63, 3.8) is 0 Å². The molecule has 1 unspecified atom stereocenters. The van der Waals surface area contributed by atoms with E-state index in [0.29, 0.717) is 13.1 Å². The molecule has 1 fully saturated rings. The van der Waals surface area contributed by atoms with Gasteiger partial charge in [-0.25, -0.2) is 12.7 Å². The number of sulfonamides is 1. The summed E-state index contributed by atoms with van der Waals surface area (Å²) in [6.07, 6.45) is 1.67. The minimum absolute atomic E-state index is 0.297. The van der Waals surface area contributed by atoms with Gasteiger partial charge in [-0.2, -0.15) is 0 Å². The SMILES string of the molecule is CN(Cc1ccccc1Br)S(=O)(=O)C1CCCNC1. The molecule has 0 amide bonds. The van der Waals surface area contributed by atoms with Crippen molar-refractivity contribution in [3.8, 4) is 0 Å². The highest BCUT2D eigenvalue weighted by atomic mass is 79.9. The van der Waals surface area contributed by atoms with Crippen LogP contribution < -0.4 is 5.32 Å². The Morgan fingerprint density at radius 3 is 2.79 bits per heavy atom. The number of hydrogen-bond acceptors (Lipinski definition) is 3. The normalized spacial score (nSPS) is 20.7. The van der Waals surface area contributed by atoms with Gasteiger partial charge in [-0.05, 0) is 31.0 Å². The standard InChI is InChI=1S/C13H19BrN2O2S/c1-16(10-11-5-2-3-7-13(11)14)19(17,18)12-6-4-8-15-9-12/h2-3,5,7,12,15H,4,6,8-10H2,1H3. The van der Waals surface area contributed by atoms with Gasteiger partial charge in [-0.3, -0.25) is 0 Å². The molecule has 19 heavy (non-hydrogen) atoms. The first-order valence-corrected chi connectivity index (χ1v) is 8.70. The van der Waals surface area contributed by atoms with Crippen LogP contribution in [0.25, 0.3) is 0 Å². The van der Waals surface area contributed by atoms with Gasteiger partial charge in [0, 0.05) is 24.6 Å². The lowest BCUT2D eigenvalue weighted by Gasteiger charge is -2.27. The Bertz CT molecular complexity index is 527. The Balaban J connectivity index is 2.10. The van der Waals surface area contributed by atoms with Crippen LogP contribution in [0, 0.1) is 0 Å². The van der Waals surface area contributed by atoms with Crippen LogP contribution in [0.3, 0.4) is 0 Å². The van der Waals surface area contributed by atoms with Crippen molar-refractivity contribution in [1.29, 1.82) is 0 Å². The molecule has 0 spiro atoms. The van der Waals surface area contributed by atoms with Crippen LogP contribution in [0.5, 0.6) is 0 Å². The quantitative estimate of drug-likeness (QED) is 0.906. The molecule has 0 saturated carbocycles. The summed E-state index contributed by atoms with van der Waals surface area (Å²) in [6.45, 7) is 1.88.